The zero-order valence-electron chi connectivity index (χ0n) is 10.2. The van der Waals surface area contributed by atoms with Crippen molar-refractivity contribution in [3.05, 3.63) is 40.1 Å². The quantitative estimate of drug-likeness (QED) is 0.890. The van der Waals surface area contributed by atoms with Gasteiger partial charge < -0.3 is 9.88 Å². The van der Waals surface area contributed by atoms with Gasteiger partial charge in [-0.25, -0.2) is 4.98 Å². The number of rotatable bonds is 2. The Bertz CT molecular complexity index is 605. The van der Waals surface area contributed by atoms with Gasteiger partial charge in [0.1, 0.15) is 0 Å². The summed E-state index contributed by atoms with van der Waals surface area (Å²) in [5.74, 6) is 0.484. The maximum atomic E-state index is 12.7. The molecule has 2 rings (SSSR count). The number of nitrogens with zero attached hydrogens (tertiary/aromatic N) is 2. The first-order chi connectivity index (χ1) is 8.77. The summed E-state index contributed by atoms with van der Waals surface area (Å²) in [7, 11) is 1.77. The minimum absolute atomic E-state index is 0.323. The number of hydrogen-bond acceptors (Lipinski definition) is 2. The molecule has 1 aromatic heterocycles. The SMILES string of the molecule is Cc1cn(C)c(Nc2cc(C(F)(F)F)ccc2Br)n1. The highest BCUT2D eigenvalue weighted by Gasteiger charge is 2.31. The molecule has 102 valence electrons. The molecule has 0 bridgehead atoms. The van der Waals surface area contributed by atoms with Crippen LogP contribution in [0.25, 0.3) is 0 Å². The molecule has 0 atom stereocenters. The lowest BCUT2D eigenvalue weighted by molar-refractivity contribution is -0.137. The molecule has 0 aliphatic carbocycles. The van der Waals surface area contributed by atoms with Gasteiger partial charge in [0.05, 0.1) is 16.9 Å². The lowest BCUT2D eigenvalue weighted by Crippen LogP contribution is -2.06. The van der Waals surface area contributed by atoms with Gasteiger partial charge in [-0.05, 0) is 41.1 Å². The van der Waals surface area contributed by atoms with Crippen molar-refractivity contribution in [2.75, 3.05) is 5.32 Å². The van der Waals surface area contributed by atoms with Crippen LogP contribution >= 0.6 is 15.9 Å². The molecule has 1 aromatic carbocycles. The van der Waals surface area contributed by atoms with Gasteiger partial charge in [0.15, 0.2) is 0 Å². The summed E-state index contributed by atoms with van der Waals surface area (Å²) in [6.45, 7) is 1.81. The Morgan fingerprint density at radius 2 is 2.00 bits per heavy atom. The summed E-state index contributed by atoms with van der Waals surface area (Å²) >= 11 is 3.22. The van der Waals surface area contributed by atoms with Crippen LogP contribution in [0.15, 0.2) is 28.9 Å². The summed E-state index contributed by atoms with van der Waals surface area (Å²) in [5, 5.41) is 2.88. The lowest BCUT2D eigenvalue weighted by Gasteiger charge is -2.12. The number of aryl methyl sites for hydroxylation is 2. The molecule has 0 saturated carbocycles. The van der Waals surface area contributed by atoms with E-state index in [1.54, 1.807) is 17.8 Å². The number of imidazole rings is 1. The average molecular weight is 334 g/mol. The number of nitrogens with one attached hydrogen (secondary N) is 1. The monoisotopic (exact) mass is 333 g/mol. The van der Waals surface area contributed by atoms with Crippen molar-refractivity contribution in [1.29, 1.82) is 0 Å². The van der Waals surface area contributed by atoms with Crippen molar-refractivity contribution in [2.24, 2.45) is 7.05 Å². The fourth-order valence-corrected chi connectivity index (χ4v) is 2.00. The van der Waals surface area contributed by atoms with Gasteiger partial charge in [-0.2, -0.15) is 13.2 Å². The Morgan fingerprint density at radius 1 is 1.32 bits per heavy atom. The highest BCUT2D eigenvalue weighted by molar-refractivity contribution is 9.10. The summed E-state index contributed by atoms with van der Waals surface area (Å²) in [5.41, 5.74) is 0.403. The van der Waals surface area contributed by atoms with Crippen LogP contribution in [0.2, 0.25) is 0 Å². The van der Waals surface area contributed by atoms with Gasteiger partial charge in [0.2, 0.25) is 5.95 Å². The molecule has 0 spiro atoms. The Hall–Kier alpha value is -1.50. The molecular formula is C12H11BrF3N3. The fourth-order valence-electron chi connectivity index (χ4n) is 1.65. The van der Waals surface area contributed by atoms with Crippen LogP contribution in [0.4, 0.5) is 24.8 Å². The summed E-state index contributed by atoms with van der Waals surface area (Å²) in [4.78, 5) is 4.19. The second-order valence-electron chi connectivity index (χ2n) is 4.13. The Balaban J connectivity index is 2.37. The van der Waals surface area contributed by atoms with Crippen LogP contribution in [0, 0.1) is 6.92 Å². The first kappa shape index (κ1) is 13.9. The number of anilines is 2. The number of hydrogen-bond donors (Lipinski definition) is 1. The van der Waals surface area contributed by atoms with Gasteiger partial charge in [-0.1, -0.05) is 0 Å². The molecule has 0 fully saturated rings. The van der Waals surface area contributed by atoms with E-state index < -0.39 is 11.7 Å². The maximum absolute atomic E-state index is 12.7. The van der Waals surface area contributed by atoms with Crippen molar-refractivity contribution in [3.63, 3.8) is 0 Å². The van der Waals surface area contributed by atoms with E-state index in [2.05, 4.69) is 26.2 Å². The van der Waals surface area contributed by atoms with Crippen molar-refractivity contribution in [1.82, 2.24) is 9.55 Å². The fraction of sp³-hybridized carbons (Fsp3) is 0.250. The Labute approximate surface area is 116 Å². The van der Waals surface area contributed by atoms with E-state index in [9.17, 15) is 13.2 Å². The van der Waals surface area contributed by atoms with Gasteiger partial charge in [0.25, 0.3) is 0 Å². The zero-order chi connectivity index (χ0) is 14.2. The van der Waals surface area contributed by atoms with E-state index in [0.717, 1.165) is 17.8 Å². The molecule has 0 amide bonds. The van der Waals surface area contributed by atoms with Crippen LogP contribution in [-0.4, -0.2) is 9.55 Å². The molecule has 2 aromatic rings. The molecule has 7 heteroatoms. The molecule has 0 saturated heterocycles. The largest absolute Gasteiger partial charge is 0.416 e. The predicted octanol–water partition coefficient (Wildman–Crippen LogP) is 4.25. The first-order valence-electron chi connectivity index (χ1n) is 5.41. The molecule has 1 N–H and O–H groups in total. The minimum atomic E-state index is -4.37. The van der Waals surface area contributed by atoms with Crippen LogP contribution in [0.5, 0.6) is 0 Å². The van der Waals surface area contributed by atoms with Crippen molar-refractivity contribution in [3.8, 4) is 0 Å². The third-order valence-corrected chi connectivity index (χ3v) is 3.23. The van der Waals surface area contributed by atoms with Crippen LogP contribution < -0.4 is 5.32 Å². The normalized spacial score (nSPS) is 11.7. The van der Waals surface area contributed by atoms with Crippen LogP contribution in [0.1, 0.15) is 11.3 Å². The smallest absolute Gasteiger partial charge is 0.325 e. The molecule has 3 nitrogen and oxygen atoms in total. The van der Waals surface area contributed by atoms with E-state index in [1.807, 2.05) is 6.92 Å². The summed E-state index contributed by atoms with van der Waals surface area (Å²) < 4.78 is 40.2. The highest BCUT2D eigenvalue weighted by atomic mass is 79.9. The highest BCUT2D eigenvalue weighted by Crippen LogP contribution is 2.34. The number of benzene rings is 1. The van der Waals surface area contributed by atoms with Gasteiger partial charge in [0, 0.05) is 17.7 Å². The molecule has 19 heavy (non-hydrogen) atoms. The van der Waals surface area contributed by atoms with Crippen LogP contribution in [0.3, 0.4) is 0 Å². The standard InChI is InChI=1S/C12H11BrF3N3/c1-7-6-19(2)11(17-7)18-10-5-8(12(14,15)16)3-4-9(10)13/h3-6H,1-2H3,(H,17,18). The van der Waals surface area contributed by atoms with E-state index in [-0.39, 0.29) is 0 Å². The van der Waals surface area contributed by atoms with Crippen molar-refractivity contribution >= 4 is 27.6 Å². The topological polar surface area (TPSA) is 29.9 Å². The molecule has 0 aliphatic rings. The average Bonchev–Trinajstić information content (AvgIpc) is 2.59. The van der Waals surface area contributed by atoms with Gasteiger partial charge in [-0.15, -0.1) is 0 Å². The summed E-state index contributed by atoms with van der Waals surface area (Å²) in [6, 6.07) is 3.44. The second-order valence-corrected chi connectivity index (χ2v) is 4.99. The summed E-state index contributed by atoms with van der Waals surface area (Å²) in [6.07, 6.45) is -2.58. The van der Waals surface area contributed by atoms with E-state index >= 15 is 0 Å². The number of aromatic nitrogens is 2. The molecule has 0 unspecified atom stereocenters. The van der Waals surface area contributed by atoms with E-state index in [4.69, 9.17) is 0 Å². The van der Waals surface area contributed by atoms with Crippen molar-refractivity contribution in [2.45, 2.75) is 13.1 Å². The molecule has 0 radical (unpaired) electrons. The number of halogens is 4. The minimum Gasteiger partial charge on any atom is -0.325 e. The third kappa shape index (κ3) is 3.09. The van der Waals surface area contributed by atoms with Crippen LogP contribution in [-0.2, 0) is 13.2 Å². The van der Waals surface area contributed by atoms with E-state index in [1.165, 1.54) is 6.07 Å². The number of alkyl halides is 3. The zero-order valence-corrected chi connectivity index (χ0v) is 11.8. The van der Waals surface area contributed by atoms with Gasteiger partial charge >= 0.3 is 6.18 Å². The molecular weight excluding hydrogens is 323 g/mol. The third-order valence-electron chi connectivity index (χ3n) is 2.54. The lowest BCUT2D eigenvalue weighted by atomic mass is 10.2. The predicted molar refractivity (Wildman–Crippen MR) is 70.4 cm³/mol. The molecule has 1 heterocycles. The second kappa shape index (κ2) is 4.88. The van der Waals surface area contributed by atoms with Crippen molar-refractivity contribution < 1.29 is 13.2 Å². The maximum Gasteiger partial charge on any atom is 0.416 e. The Morgan fingerprint density at radius 3 is 2.53 bits per heavy atom. The first-order valence-corrected chi connectivity index (χ1v) is 6.20. The van der Waals surface area contributed by atoms with E-state index in [0.29, 0.717) is 16.1 Å². The Kier molecular flexibility index (Phi) is 3.58. The van der Waals surface area contributed by atoms with Gasteiger partial charge in [-0.3, -0.25) is 0 Å². The molecule has 0 aliphatic heterocycles.